The lowest BCUT2D eigenvalue weighted by molar-refractivity contribution is -0.120. The minimum absolute atomic E-state index is 0.122. The summed E-state index contributed by atoms with van der Waals surface area (Å²) < 4.78 is 10.7. The van der Waals surface area contributed by atoms with Crippen molar-refractivity contribution >= 4 is 18.0 Å². The molecule has 1 aromatic rings. The number of aliphatic imine (C=N–C) groups is 1. The van der Waals surface area contributed by atoms with Crippen molar-refractivity contribution < 1.29 is 18.7 Å². The van der Waals surface area contributed by atoms with E-state index in [1.54, 1.807) is 24.3 Å². The van der Waals surface area contributed by atoms with Crippen LogP contribution in [0, 0.1) is 5.92 Å². The molecule has 0 aliphatic carbocycles. The van der Waals surface area contributed by atoms with Gasteiger partial charge in [0, 0.05) is 33.2 Å². The van der Waals surface area contributed by atoms with Crippen LogP contribution in [0.5, 0.6) is 0 Å². The van der Waals surface area contributed by atoms with E-state index in [1.165, 1.54) is 0 Å². The summed E-state index contributed by atoms with van der Waals surface area (Å²) in [7, 11) is 1.72. The highest BCUT2D eigenvalue weighted by molar-refractivity contribution is 5.86. The van der Waals surface area contributed by atoms with Crippen LogP contribution in [0.4, 0.5) is 4.79 Å². The summed E-state index contributed by atoms with van der Waals surface area (Å²) in [4.78, 5) is 32.7. The molecule has 31 heavy (non-hydrogen) atoms. The van der Waals surface area contributed by atoms with Crippen LogP contribution in [0.1, 0.15) is 46.3 Å². The van der Waals surface area contributed by atoms with Crippen molar-refractivity contribution in [1.82, 2.24) is 20.4 Å². The van der Waals surface area contributed by atoms with Crippen molar-refractivity contribution in [1.29, 1.82) is 0 Å². The van der Waals surface area contributed by atoms with Crippen LogP contribution in [0.2, 0.25) is 0 Å². The molecule has 0 bridgehead atoms. The minimum atomic E-state index is -0.490. The monoisotopic (exact) mass is 435 g/mol. The van der Waals surface area contributed by atoms with E-state index in [0.29, 0.717) is 37.3 Å². The first kappa shape index (κ1) is 24.6. The largest absolute Gasteiger partial charge is 0.467 e. The second kappa shape index (κ2) is 11.6. The third-order valence-corrected chi connectivity index (χ3v) is 5.08. The molecule has 1 saturated heterocycles. The van der Waals surface area contributed by atoms with Gasteiger partial charge >= 0.3 is 6.09 Å². The highest BCUT2D eigenvalue weighted by Crippen LogP contribution is 2.20. The molecule has 1 fully saturated rings. The molecule has 9 nitrogen and oxygen atoms in total. The quantitative estimate of drug-likeness (QED) is 0.504. The number of likely N-dealkylation sites (tertiary alicyclic amines) is 1. The molecule has 2 N–H and O–H groups in total. The molecule has 2 rings (SSSR count). The van der Waals surface area contributed by atoms with Crippen molar-refractivity contribution in [2.75, 3.05) is 39.8 Å². The topological polar surface area (TPSA) is 99.4 Å². The van der Waals surface area contributed by atoms with Crippen LogP contribution in [0.25, 0.3) is 0 Å². The van der Waals surface area contributed by atoms with Gasteiger partial charge in [0.2, 0.25) is 5.91 Å². The number of piperidine rings is 1. The van der Waals surface area contributed by atoms with E-state index in [-0.39, 0.29) is 18.5 Å². The highest BCUT2D eigenvalue weighted by atomic mass is 16.6. The maximum Gasteiger partial charge on any atom is 0.410 e. The number of carbonyl (C=O) groups excluding carboxylic acids is 2. The lowest BCUT2D eigenvalue weighted by Crippen LogP contribution is -2.49. The summed E-state index contributed by atoms with van der Waals surface area (Å²) in [6.45, 7) is 11.1. The summed E-state index contributed by atoms with van der Waals surface area (Å²) in [5.74, 6) is 1.72. The van der Waals surface area contributed by atoms with Crippen molar-refractivity contribution in [3.63, 3.8) is 0 Å². The molecular weight excluding hydrogens is 398 g/mol. The zero-order valence-corrected chi connectivity index (χ0v) is 19.4. The van der Waals surface area contributed by atoms with Crippen LogP contribution in [0.3, 0.4) is 0 Å². The number of hydrogen-bond acceptors (Lipinski definition) is 5. The van der Waals surface area contributed by atoms with Gasteiger partial charge in [-0.3, -0.25) is 9.79 Å². The molecule has 0 spiro atoms. The third-order valence-electron chi connectivity index (χ3n) is 5.08. The molecule has 0 saturated carbocycles. The van der Waals surface area contributed by atoms with Crippen molar-refractivity contribution in [3.8, 4) is 0 Å². The van der Waals surface area contributed by atoms with Crippen LogP contribution >= 0.6 is 0 Å². The first-order valence-electron chi connectivity index (χ1n) is 10.9. The van der Waals surface area contributed by atoms with Crippen molar-refractivity contribution in [3.05, 3.63) is 24.2 Å². The predicted octanol–water partition coefficient (Wildman–Crippen LogP) is 2.44. The zero-order valence-electron chi connectivity index (χ0n) is 19.4. The third kappa shape index (κ3) is 8.51. The predicted molar refractivity (Wildman–Crippen MR) is 120 cm³/mol. The Kier molecular flexibility index (Phi) is 9.21. The van der Waals surface area contributed by atoms with Crippen LogP contribution in [0.15, 0.2) is 27.8 Å². The molecule has 1 aromatic heterocycles. The summed E-state index contributed by atoms with van der Waals surface area (Å²) in [6.07, 6.45) is 3.23. The van der Waals surface area contributed by atoms with Crippen molar-refractivity contribution in [2.45, 2.75) is 52.7 Å². The van der Waals surface area contributed by atoms with Gasteiger partial charge in [0.25, 0.3) is 0 Å². The second-order valence-corrected chi connectivity index (χ2v) is 8.71. The minimum Gasteiger partial charge on any atom is -0.467 e. The Balaban J connectivity index is 1.74. The van der Waals surface area contributed by atoms with Crippen LogP contribution < -0.4 is 10.6 Å². The van der Waals surface area contributed by atoms with Gasteiger partial charge in [0.15, 0.2) is 5.96 Å². The molecule has 0 radical (unpaired) electrons. The Morgan fingerprint density at radius 2 is 2.00 bits per heavy atom. The number of guanidine groups is 1. The Hall–Kier alpha value is -2.71. The SMILES string of the molecule is CCN(CC1CCN(C(=NC)NCC(=O)NCc2ccco2)CC1)C(=O)OC(C)(C)C. The Morgan fingerprint density at radius 3 is 2.55 bits per heavy atom. The Bertz CT molecular complexity index is 719. The molecule has 1 aliphatic rings. The lowest BCUT2D eigenvalue weighted by atomic mass is 9.96. The van der Waals surface area contributed by atoms with Gasteiger partial charge in [-0.2, -0.15) is 0 Å². The standard InChI is InChI=1S/C22H37N5O4/c1-6-26(21(29)31-22(2,3)4)16-17-9-11-27(12-10-17)20(23-5)25-15-19(28)24-14-18-8-7-13-30-18/h7-8,13,17H,6,9-12,14-16H2,1-5H3,(H,23,25)(H,24,28). The van der Waals surface area contributed by atoms with Gasteiger partial charge in [-0.05, 0) is 58.6 Å². The fourth-order valence-electron chi connectivity index (χ4n) is 3.45. The van der Waals surface area contributed by atoms with E-state index in [9.17, 15) is 9.59 Å². The fraction of sp³-hybridized carbons (Fsp3) is 0.682. The maximum absolute atomic E-state index is 12.4. The van der Waals surface area contributed by atoms with Gasteiger partial charge < -0.3 is 29.6 Å². The van der Waals surface area contributed by atoms with Gasteiger partial charge in [-0.25, -0.2) is 4.79 Å². The number of carbonyl (C=O) groups is 2. The summed E-state index contributed by atoms with van der Waals surface area (Å²) in [5.41, 5.74) is -0.490. The number of furan rings is 1. The molecule has 174 valence electrons. The molecule has 9 heteroatoms. The summed E-state index contributed by atoms with van der Waals surface area (Å²) >= 11 is 0. The molecule has 0 unspecified atom stereocenters. The second-order valence-electron chi connectivity index (χ2n) is 8.71. The summed E-state index contributed by atoms with van der Waals surface area (Å²) in [5, 5.41) is 5.94. The number of rotatable bonds is 7. The van der Waals surface area contributed by atoms with E-state index < -0.39 is 5.60 Å². The van der Waals surface area contributed by atoms with Gasteiger partial charge in [0.05, 0.1) is 19.4 Å². The number of nitrogens with zero attached hydrogens (tertiary/aromatic N) is 3. The highest BCUT2D eigenvalue weighted by Gasteiger charge is 2.27. The zero-order chi connectivity index (χ0) is 22.9. The number of amides is 2. The summed E-state index contributed by atoms with van der Waals surface area (Å²) in [6, 6.07) is 3.61. The fourth-order valence-corrected chi connectivity index (χ4v) is 3.45. The van der Waals surface area contributed by atoms with Crippen molar-refractivity contribution in [2.24, 2.45) is 10.9 Å². The smallest absolute Gasteiger partial charge is 0.410 e. The van der Waals surface area contributed by atoms with Gasteiger partial charge in [0.1, 0.15) is 11.4 Å². The Morgan fingerprint density at radius 1 is 1.29 bits per heavy atom. The van der Waals surface area contributed by atoms with Gasteiger partial charge in [-0.1, -0.05) is 0 Å². The average Bonchev–Trinajstić information content (AvgIpc) is 3.24. The number of hydrogen-bond donors (Lipinski definition) is 2. The van der Waals surface area contributed by atoms with E-state index >= 15 is 0 Å². The van der Waals surface area contributed by atoms with E-state index in [0.717, 1.165) is 25.9 Å². The maximum atomic E-state index is 12.4. The number of nitrogens with one attached hydrogen (secondary N) is 2. The molecule has 0 atom stereocenters. The molecule has 0 aromatic carbocycles. The molecular formula is C22H37N5O4. The van der Waals surface area contributed by atoms with E-state index in [2.05, 4.69) is 20.5 Å². The lowest BCUT2D eigenvalue weighted by Gasteiger charge is -2.36. The average molecular weight is 436 g/mol. The first-order chi connectivity index (χ1) is 14.7. The molecule has 1 aliphatic heterocycles. The van der Waals surface area contributed by atoms with E-state index in [1.807, 2.05) is 33.8 Å². The number of ether oxygens (including phenoxy) is 1. The molecule has 2 amide bonds. The Labute approximate surface area is 185 Å². The first-order valence-corrected chi connectivity index (χ1v) is 10.9. The molecule has 2 heterocycles. The van der Waals surface area contributed by atoms with Crippen LogP contribution in [-0.2, 0) is 16.1 Å². The van der Waals surface area contributed by atoms with E-state index in [4.69, 9.17) is 9.15 Å². The van der Waals surface area contributed by atoms with Crippen LogP contribution in [-0.4, -0.2) is 73.1 Å². The van der Waals surface area contributed by atoms with Gasteiger partial charge in [-0.15, -0.1) is 0 Å². The normalized spacial score (nSPS) is 15.5.